The molecule has 0 spiro atoms. The lowest BCUT2D eigenvalue weighted by molar-refractivity contribution is 0.636. The number of nitrogens with zero attached hydrogens (tertiary/aromatic N) is 1. The van der Waals surface area contributed by atoms with Gasteiger partial charge in [0.2, 0.25) is 0 Å². The molecule has 62 valence electrons. The summed E-state index contributed by atoms with van der Waals surface area (Å²) in [5.41, 5.74) is 1.16. The number of halogens is 1. The molecule has 3 heteroatoms. The van der Waals surface area contributed by atoms with Crippen LogP contribution in [0.3, 0.4) is 0 Å². The number of hydrogen-bond donors (Lipinski definition) is 0. The maximum atomic E-state index is 5.76. The number of rotatable bonds is 2. The molecule has 0 aliphatic carbocycles. The van der Waals surface area contributed by atoms with Gasteiger partial charge in [0.05, 0.1) is 5.69 Å². The van der Waals surface area contributed by atoms with Crippen LogP contribution in [0.4, 0.5) is 0 Å². The molecular weight excluding hydrogens is 178 g/mol. The van der Waals surface area contributed by atoms with E-state index in [-0.39, 0.29) is 0 Å². The maximum Gasteiger partial charge on any atom is 0.184 e. The van der Waals surface area contributed by atoms with Crippen molar-refractivity contribution in [2.45, 2.75) is 27.2 Å². The van der Waals surface area contributed by atoms with Crippen molar-refractivity contribution in [2.75, 3.05) is 0 Å². The van der Waals surface area contributed by atoms with Crippen LogP contribution in [0.5, 0.6) is 0 Å². The van der Waals surface area contributed by atoms with Crippen LogP contribution in [0, 0.1) is 12.8 Å². The number of aromatic nitrogens is 1. The van der Waals surface area contributed by atoms with E-state index in [1.54, 1.807) is 11.3 Å². The van der Waals surface area contributed by atoms with E-state index in [0.29, 0.717) is 10.4 Å². The fourth-order valence-electron chi connectivity index (χ4n) is 0.969. The molecule has 0 aromatic carbocycles. The Bertz CT molecular complexity index is 242. The van der Waals surface area contributed by atoms with E-state index < -0.39 is 0 Å². The lowest BCUT2D eigenvalue weighted by Gasteiger charge is -2.00. The molecule has 0 fully saturated rings. The maximum absolute atomic E-state index is 5.76. The summed E-state index contributed by atoms with van der Waals surface area (Å²) in [4.78, 5) is 5.49. The van der Waals surface area contributed by atoms with Crippen LogP contribution in [-0.2, 0) is 6.42 Å². The molecule has 1 aromatic heterocycles. The van der Waals surface area contributed by atoms with Crippen LogP contribution in [0.1, 0.15) is 24.4 Å². The van der Waals surface area contributed by atoms with E-state index >= 15 is 0 Å². The van der Waals surface area contributed by atoms with Crippen molar-refractivity contribution in [2.24, 2.45) is 5.92 Å². The molecule has 0 amide bonds. The molecule has 0 aliphatic heterocycles. The van der Waals surface area contributed by atoms with Gasteiger partial charge in [0, 0.05) is 4.88 Å². The van der Waals surface area contributed by atoms with Gasteiger partial charge in [-0.2, -0.15) is 0 Å². The summed E-state index contributed by atoms with van der Waals surface area (Å²) in [6, 6.07) is 0. The van der Waals surface area contributed by atoms with E-state index in [2.05, 4.69) is 25.8 Å². The number of hydrogen-bond acceptors (Lipinski definition) is 2. The van der Waals surface area contributed by atoms with E-state index in [4.69, 9.17) is 11.6 Å². The minimum atomic E-state index is 0.659. The minimum Gasteiger partial charge on any atom is -0.230 e. The summed E-state index contributed by atoms with van der Waals surface area (Å²) in [7, 11) is 0. The average molecular weight is 190 g/mol. The molecule has 0 bridgehead atoms. The van der Waals surface area contributed by atoms with Crippen molar-refractivity contribution < 1.29 is 0 Å². The Labute approximate surface area is 76.4 Å². The van der Waals surface area contributed by atoms with Gasteiger partial charge in [-0.15, -0.1) is 11.3 Å². The van der Waals surface area contributed by atoms with Crippen LogP contribution in [-0.4, -0.2) is 4.98 Å². The van der Waals surface area contributed by atoms with Gasteiger partial charge < -0.3 is 0 Å². The first kappa shape index (κ1) is 9.01. The zero-order valence-electron chi connectivity index (χ0n) is 7.02. The Hall–Kier alpha value is -0.0800. The third-order valence-electron chi connectivity index (χ3n) is 1.47. The summed E-state index contributed by atoms with van der Waals surface area (Å²) in [6.07, 6.45) is 1.04. The number of thiazole rings is 1. The third kappa shape index (κ3) is 2.46. The Morgan fingerprint density at radius 1 is 1.55 bits per heavy atom. The Morgan fingerprint density at radius 3 is 2.55 bits per heavy atom. The Morgan fingerprint density at radius 2 is 2.18 bits per heavy atom. The Balaban J connectivity index is 2.77. The summed E-state index contributed by atoms with van der Waals surface area (Å²) >= 11 is 7.32. The molecular formula is C8H12ClNS. The highest BCUT2D eigenvalue weighted by molar-refractivity contribution is 7.15. The van der Waals surface area contributed by atoms with Crippen molar-refractivity contribution in [1.82, 2.24) is 4.98 Å². The van der Waals surface area contributed by atoms with Crippen molar-refractivity contribution in [3.05, 3.63) is 15.0 Å². The van der Waals surface area contributed by atoms with E-state index in [1.165, 1.54) is 4.88 Å². The van der Waals surface area contributed by atoms with Gasteiger partial charge in [-0.05, 0) is 19.3 Å². The molecule has 1 aromatic rings. The van der Waals surface area contributed by atoms with Gasteiger partial charge in [0.1, 0.15) is 0 Å². The lowest BCUT2D eigenvalue weighted by Crippen LogP contribution is -1.95. The van der Waals surface area contributed by atoms with Gasteiger partial charge in [0.15, 0.2) is 4.47 Å². The van der Waals surface area contributed by atoms with Crippen LogP contribution in [0.15, 0.2) is 0 Å². The molecule has 0 N–H and O–H groups in total. The van der Waals surface area contributed by atoms with Crippen molar-refractivity contribution >= 4 is 22.9 Å². The molecule has 0 atom stereocenters. The average Bonchev–Trinajstić information content (AvgIpc) is 2.09. The molecule has 11 heavy (non-hydrogen) atoms. The highest BCUT2D eigenvalue weighted by Gasteiger charge is 2.06. The molecule has 0 unspecified atom stereocenters. The fourth-order valence-corrected chi connectivity index (χ4v) is 2.07. The van der Waals surface area contributed by atoms with Gasteiger partial charge >= 0.3 is 0 Å². The second-order valence-electron chi connectivity index (χ2n) is 3.07. The molecule has 0 saturated heterocycles. The van der Waals surface area contributed by atoms with Crippen LogP contribution < -0.4 is 0 Å². The molecule has 0 saturated carbocycles. The minimum absolute atomic E-state index is 0.659. The first-order valence-corrected chi connectivity index (χ1v) is 4.91. The SMILES string of the molecule is Cc1sc(Cl)nc1CC(C)C. The van der Waals surface area contributed by atoms with Crippen LogP contribution in [0.25, 0.3) is 0 Å². The summed E-state index contributed by atoms with van der Waals surface area (Å²) in [5.74, 6) is 0.659. The molecule has 1 heterocycles. The standard InChI is InChI=1S/C8H12ClNS/c1-5(2)4-7-6(3)11-8(9)10-7/h5H,4H2,1-3H3. The summed E-state index contributed by atoms with van der Waals surface area (Å²) in [5, 5.41) is 0. The normalized spacial score (nSPS) is 11.0. The highest BCUT2D eigenvalue weighted by atomic mass is 35.5. The van der Waals surface area contributed by atoms with E-state index in [1.807, 2.05) is 0 Å². The predicted molar refractivity (Wildman–Crippen MR) is 50.4 cm³/mol. The number of aryl methyl sites for hydroxylation is 1. The lowest BCUT2D eigenvalue weighted by atomic mass is 10.1. The third-order valence-corrected chi connectivity index (χ3v) is 2.59. The summed E-state index contributed by atoms with van der Waals surface area (Å²) < 4.78 is 0.665. The van der Waals surface area contributed by atoms with Crippen LogP contribution in [0.2, 0.25) is 4.47 Å². The van der Waals surface area contributed by atoms with Gasteiger partial charge in [0.25, 0.3) is 0 Å². The predicted octanol–water partition coefficient (Wildman–Crippen LogP) is 3.30. The first-order chi connectivity index (χ1) is 5.09. The van der Waals surface area contributed by atoms with Crippen molar-refractivity contribution in [3.8, 4) is 0 Å². The second kappa shape index (κ2) is 3.55. The summed E-state index contributed by atoms with van der Waals surface area (Å²) in [6.45, 7) is 6.45. The van der Waals surface area contributed by atoms with E-state index in [9.17, 15) is 0 Å². The zero-order chi connectivity index (χ0) is 8.43. The molecule has 0 aliphatic rings. The van der Waals surface area contributed by atoms with Gasteiger partial charge in [-0.25, -0.2) is 4.98 Å². The highest BCUT2D eigenvalue weighted by Crippen LogP contribution is 2.23. The molecule has 0 radical (unpaired) electrons. The fraction of sp³-hybridized carbons (Fsp3) is 0.625. The van der Waals surface area contributed by atoms with Gasteiger partial charge in [-0.1, -0.05) is 25.4 Å². The van der Waals surface area contributed by atoms with Crippen molar-refractivity contribution in [1.29, 1.82) is 0 Å². The molecule has 1 rings (SSSR count). The quantitative estimate of drug-likeness (QED) is 0.696. The molecule has 1 nitrogen and oxygen atoms in total. The van der Waals surface area contributed by atoms with Crippen LogP contribution >= 0.6 is 22.9 Å². The van der Waals surface area contributed by atoms with E-state index in [0.717, 1.165) is 12.1 Å². The van der Waals surface area contributed by atoms with Gasteiger partial charge in [-0.3, -0.25) is 0 Å². The topological polar surface area (TPSA) is 12.9 Å². The smallest absolute Gasteiger partial charge is 0.184 e. The monoisotopic (exact) mass is 189 g/mol. The zero-order valence-corrected chi connectivity index (χ0v) is 8.59. The first-order valence-electron chi connectivity index (χ1n) is 3.71. The Kier molecular flexibility index (Phi) is 2.90. The van der Waals surface area contributed by atoms with Crippen molar-refractivity contribution in [3.63, 3.8) is 0 Å². The second-order valence-corrected chi connectivity index (χ2v) is 4.85. The largest absolute Gasteiger partial charge is 0.230 e.